The molecule has 0 bridgehead atoms. The second-order valence-corrected chi connectivity index (χ2v) is 4.60. The van der Waals surface area contributed by atoms with Crippen LogP contribution in [-0.2, 0) is 14.9 Å². The summed E-state index contributed by atoms with van der Waals surface area (Å²) >= 11 is 0. The molecular weight excluding hydrogens is 230 g/mol. The summed E-state index contributed by atoms with van der Waals surface area (Å²) in [6.45, 7) is 2.42. The maximum atomic E-state index is 11.8. The zero-order valence-corrected chi connectivity index (χ0v) is 10.5. The van der Waals surface area contributed by atoms with Crippen molar-refractivity contribution in [3.63, 3.8) is 0 Å². The van der Waals surface area contributed by atoms with Crippen LogP contribution in [0.1, 0.15) is 18.9 Å². The van der Waals surface area contributed by atoms with Crippen molar-refractivity contribution in [2.75, 3.05) is 13.7 Å². The van der Waals surface area contributed by atoms with Crippen LogP contribution in [0.15, 0.2) is 24.3 Å². The fourth-order valence-electron chi connectivity index (χ4n) is 2.44. The first-order chi connectivity index (χ1) is 8.63. The van der Waals surface area contributed by atoms with Gasteiger partial charge >= 0.3 is 5.97 Å². The molecule has 2 atom stereocenters. The van der Waals surface area contributed by atoms with Crippen LogP contribution in [0.3, 0.4) is 0 Å². The minimum atomic E-state index is -0.812. The Morgan fingerprint density at radius 3 is 2.94 bits per heavy atom. The first kappa shape index (κ1) is 12.4. The van der Waals surface area contributed by atoms with Crippen molar-refractivity contribution in [1.29, 1.82) is 5.26 Å². The highest BCUT2D eigenvalue weighted by Crippen LogP contribution is 2.43. The summed E-state index contributed by atoms with van der Waals surface area (Å²) < 4.78 is 10.3. The number of methoxy groups -OCH3 is 1. The molecule has 4 heteroatoms. The number of hydrogen-bond donors (Lipinski definition) is 0. The van der Waals surface area contributed by atoms with E-state index in [1.54, 1.807) is 0 Å². The van der Waals surface area contributed by atoms with Crippen LogP contribution in [0.25, 0.3) is 0 Å². The Morgan fingerprint density at radius 2 is 2.28 bits per heavy atom. The van der Waals surface area contributed by atoms with Crippen LogP contribution in [-0.4, -0.2) is 19.7 Å². The van der Waals surface area contributed by atoms with Gasteiger partial charge in [-0.3, -0.25) is 4.79 Å². The van der Waals surface area contributed by atoms with Gasteiger partial charge in [0.25, 0.3) is 0 Å². The number of rotatable bonds is 2. The minimum Gasteiger partial charge on any atom is -0.493 e. The third-order valence-electron chi connectivity index (χ3n) is 3.58. The second kappa shape index (κ2) is 4.69. The standard InChI is InChI=1S/C14H15NO3/c1-14(11(9-15)13(16)17-2)7-8-18-12-6-4-3-5-10(12)14/h3-6,11H,7-8H2,1-2H3. The van der Waals surface area contributed by atoms with E-state index in [0.29, 0.717) is 13.0 Å². The number of hydrogen-bond acceptors (Lipinski definition) is 4. The van der Waals surface area contributed by atoms with Crippen molar-refractivity contribution in [1.82, 2.24) is 0 Å². The average molecular weight is 245 g/mol. The lowest BCUT2D eigenvalue weighted by atomic mass is 9.69. The fraction of sp³-hybridized carbons (Fsp3) is 0.429. The van der Waals surface area contributed by atoms with Crippen molar-refractivity contribution in [2.24, 2.45) is 5.92 Å². The molecule has 0 aromatic heterocycles. The molecular formula is C14H15NO3. The zero-order chi connectivity index (χ0) is 13.2. The van der Waals surface area contributed by atoms with E-state index in [1.165, 1.54) is 7.11 Å². The quantitative estimate of drug-likeness (QED) is 0.748. The number of ether oxygens (including phenoxy) is 2. The van der Waals surface area contributed by atoms with Crippen molar-refractivity contribution in [2.45, 2.75) is 18.8 Å². The molecule has 2 unspecified atom stereocenters. The minimum absolute atomic E-state index is 0.489. The number of nitriles is 1. The van der Waals surface area contributed by atoms with Gasteiger partial charge in [-0.1, -0.05) is 25.1 Å². The molecule has 0 radical (unpaired) electrons. The van der Waals surface area contributed by atoms with E-state index in [1.807, 2.05) is 31.2 Å². The topological polar surface area (TPSA) is 59.3 Å². The van der Waals surface area contributed by atoms with Gasteiger partial charge in [-0.15, -0.1) is 0 Å². The number of fused-ring (bicyclic) bond motifs is 1. The van der Waals surface area contributed by atoms with Crippen molar-refractivity contribution in [3.05, 3.63) is 29.8 Å². The Labute approximate surface area is 106 Å². The number of para-hydroxylation sites is 1. The highest BCUT2D eigenvalue weighted by molar-refractivity contribution is 5.77. The van der Waals surface area contributed by atoms with Gasteiger partial charge in [-0.05, 0) is 12.5 Å². The SMILES string of the molecule is COC(=O)C(C#N)C1(C)CCOc2ccccc21. The summed E-state index contributed by atoms with van der Waals surface area (Å²) in [5.74, 6) is -0.556. The molecule has 0 spiro atoms. The first-order valence-electron chi connectivity index (χ1n) is 5.83. The predicted octanol–water partition coefficient (Wildman–Crippen LogP) is 2.04. The van der Waals surface area contributed by atoms with Crippen LogP contribution >= 0.6 is 0 Å². The van der Waals surface area contributed by atoms with Gasteiger partial charge in [0.1, 0.15) is 5.75 Å². The normalized spacial score (nSPS) is 23.2. The number of benzene rings is 1. The maximum absolute atomic E-state index is 11.8. The van der Waals surface area contributed by atoms with E-state index in [0.717, 1.165) is 11.3 Å². The molecule has 1 aliphatic rings. The lowest BCUT2D eigenvalue weighted by Gasteiger charge is -2.37. The van der Waals surface area contributed by atoms with Crippen molar-refractivity contribution < 1.29 is 14.3 Å². The van der Waals surface area contributed by atoms with Gasteiger partial charge in [0.05, 0.1) is 19.8 Å². The van der Waals surface area contributed by atoms with Gasteiger partial charge in [0, 0.05) is 11.0 Å². The smallest absolute Gasteiger partial charge is 0.323 e. The fourth-order valence-corrected chi connectivity index (χ4v) is 2.44. The number of esters is 1. The van der Waals surface area contributed by atoms with E-state index < -0.39 is 17.3 Å². The van der Waals surface area contributed by atoms with Crippen molar-refractivity contribution >= 4 is 5.97 Å². The lowest BCUT2D eigenvalue weighted by Crippen LogP contribution is -2.41. The van der Waals surface area contributed by atoms with Gasteiger partial charge in [0.2, 0.25) is 0 Å². The summed E-state index contributed by atoms with van der Waals surface area (Å²) in [7, 11) is 1.31. The summed E-state index contributed by atoms with van der Waals surface area (Å²) in [6.07, 6.45) is 0.622. The molecule has 18 heavy (non-hydrogen) atoms. The Kier molecular flexibility index (Phi) is 3.24. The van der Waals surface area contributed by atoms with Gasteiger partial charge in [0.15, 0.2) is 5.92 Å². The molecule has 2 rings (SSSR count). The molecule has 1 aromatic rings. The summed E-state index contributed by atoms with van der Waals surface area (Å²) in [5, 5.41) is 9.28. The molecule has 0 saturated heterocycles. The largest absolute Gasteiger partial charge is 0.493 e. The number of carbonyl (C=O) groups excluding carboxylic acids is 1. The highest BCUT2D eigenvalue weighted by Gasteiger charge is 2.45. The monoisotopic (exact) mass is 245 g/mol. The summed E-state index contributed by atoms with van der Waals surface area (Å²) in [5.41, 5.74) is 0.338. The van der Waals surface area contributed by atoms with E-state index in [-0.39, 0.29) is 0 Å². The maximum Gasteiger partial charge on any atom is 0.323 e. The average Bonchev–Trinajstić information content (AvgIpc) is 2.40. The predicted molar refractivity (Wildman–Crippen MR) is 65.0 cm³/mol. The van der Waals surface area contributed by atoms with Gasteiger partial charge in [-0.25, -0.2) is 0 Å². The summed E-state index contributed by atoms with van der Waals surface area (Å²) in [6, 6.07) is 9.60. The Morgan fingerprint density at radius 1 is 1.56 bits per heavy atom. The molecule has 4 nitrogen and oxygen atoms in total. The molecule has 1 aliphatic heterocycles. The van der Waals surface area contributed by atoms with Gasteiger partial charge in [-0.2, -0.15) is 5.26 Å². The third-order valence-corrected chi connectivity index (χ3v) is 3.58. The molecule has 94 valence electrons. The lowest BCUT2D eigenvalue weighted by molar-refractivity contribution is -0.145. The Hall–Kier alpha value is -2.02. The molecule has 0 amide bonds. The zero-order valence-electron chi connectivity index (χ0n) is 10.5. The molecule has 0 fully saturated rings. The van der Waals surface area contributed by atoms with Crippen LogP contribution in [0.2, 0.25) is 0 Å². The van der Waals surface area contributed by atoms with E-state index in [9.17, 15) is 10.1 Å². The van der Waals surface area contributed by atoms with Crippen LogP contribution in [0.4, 0.5) is 0 Å². The second-order valence-electron chi connectivity index (χ2n) is 4.60. The highest BCUT2D eigenvalue weighted by atomic mass is 16.5. The Bertz CT molecular complexity index is 506. The van der Waals surface area contributed by atoms with Crippen LogP contribution < -0.4 is 4.74 Å². The first-order valence-corrected chi connectivity index (χ1v) is 5.83. The van der Waals surface area contributed by atoms with Crippen LogP contribution in [0.5, 0.6) is 5.75 Å². The summed E-state index contributed by atoms with van der Waals surface area (Å²) in [4.78, 5) is 11.8. The number of carbonyl (C=O) groups is 1. The van der Waals surface area contributed by atoms with Gasteiger partial charge < -0.3 is 9.47 Å². The van der Waals surface area contributed by atoms with Crippen LogP contribution in [0, 0.1) is 17.2 Å². The number of nitrogens with zero attached hydrogens (tertiary/aromatic N) is 1. The molecule has 0 aliphatic carbocycles. The molecule has 1 aromatic carbocycles. The van der Waals surface area contributed by atoms with E-state index >= 15 is 0 Å². The van der Waals surface area contributed by atoms with Crippen molar-refractivity contribution in [3.8, 4) is 11.8 Å². The Balaban J connectivity index is 2.49. The van der Waals surface area contributed by atoms with E-state index in [2.05, 4.69) is 6.07 Å². The third kappa shape index (κ3) is 1.82. The molecule has 0 N–H and O–H groups in total. The molecule has 0 saturated carbocycles. The molecule has 1 heterocycles. The van der Waals surface area contributed by atoms with E-state index in [4.69, 9.17) is 9.47 Å².